The Kier molecular flexibility index (Phi) is 6.42. The Morgan fingerprint density at radius 1 is 1.21 bits per heavy atom. The Morgan fingerprint density at radius 3 is 2.71 bits per heavy atom. The molecule has 1 fully saturated rings. The van der Waals surface area contributed by atoms with E-state index in [9.17, 15) is 14.4 Å². The van der Waals surface area contributed by atoms with Crippen molar-refractivity contribution in [2.45, 2.75) is 58.5 Å². The normalized spacial score (nSPS) is 21.8. The second-order valence-electron chi connectivity index (χ2n) is 8.42. The zero-order valence-corrected chi connectivity index (χ0v) is 17.1. The number of piperidine rings is 1. The highest BCUT2D eigenvalue weighted by Crippen LogP contribution is 2.34. The fraction of sp³-hybridized carbons (Fsp3) is 0.667. The molecule has 0 unspecified atom stereocenters. The third-order valence-corrected chi connectivity index (χ3v) is 5.82. The molecule has 0 aromatic carbocycles. The van der Waals surface area contributed by atoms with Gasteiger partial charge in [0.15, 0.2) is 0 Å². The third-order valence-electron chi connectivity index (χ3n) is 5.82. The maximum atomic E-state index is 12.9. The van der Waals surface area contributed by atoms with E-state index < -0.39 is 6.04 Å². The van der Waals surface area contributed by atoms with Crippen molar-refractivity contribution in [3.05, 3.63) is 34.2 Å². The van der Waals surface area contributed by atoms with Gasteiger partial charge in [-0.1, -0.05) is 33.3 Å². The van der Waals surface area contributed by atoms with Crippen LogP contribution in [0, 0.1) is 11.8 Å². The van der Waals surface area contributed by atoms with Gasteiger partial charge in [-0.15, -0.1) is 0 Å². The second kappa shape index (κ2) is 8.80. The van der Waals surface area contributed by atoms with E-state index >= 15 is 0 Å². The van der Waals surface area contributed by atoms with Crippen LogP contribution in [-0.4, -0.2) is 47.1 Å². The van der Waals surface area contributed by atoms with E-state index in [-0.39, 0.29) is 35.3 Å². The summed E-state index contributed by atoms with van der Waals surface area (Å²) in [4.78, 5) is 39.4. The summed E-state index contributed by atoms with van der Waals surface area (Å²) >= 11 is 0. The summed E-state index contributed by atoms with van der Waals surface area (Å²) in [5, 5.41) is 5.87. The van der Waals surface area contributed by atoms with Crippen LogP contribution >= 0.6 is 0 Å². The zero-order valence-electron chi connectivity index (χ0n) is 17.1. The van der Waals surface area contributed by atoms with E-state index in [4.69, 9.17) is 0 Å². The van der Waals surface area contributed by atoms with Crippen molar-refractivity contribution in [1.82, 2.24) is 20.1 Å². The first kappa shape index (κ1) is 20.4. The highest BCUT2D eigenvalue weighted by Gasteiger charge is 2.37. The Labute approximate surface area is 166 Å². The minimum Gasteiger partial charge on any atom is -0.354 e. The van der Waals surface area contributed by atoms with Crippen molar-refractivity contribution in [1.29, 1.82) is 0 Å². The maximum absolute atomic E-state index is 12.9. The molecule has 1 saturated heterocycles. The molecule has 1 aromatic rings. The summed E-state index contributed by atoms with van der Waals surface area (Å²) in [5.41, 5.74) is 1.05. The molecule has 0 saturated carbocycles. The van der Waals surface area contributed by atoms with Gasteiger partial charge in [-0.3, -0.25) is 9.59 Å². The molecular weight excluding hydrogens is 356 g/mol. The SMILES string of the molecule is CCCCNC(=O)[C@@H](NC(=O)N1C[C@H]2C[C@@H](C1)c1cccc(=O)n1C2)C(C)C. The largest absolute Gasteiger partial charge is 0.354 e. The van der Waals surface area contributed by atoms with Crippen molar-refractivity contribution in [3.63, 3.8) is 0 Å². The van der Waals surface area contributed by atoms with Crippen LogP contribution in [0.25, 0.3) is 0 Å². The molecular formula is C21H32N4O3. The number of hydrogen-bond donors (Lipinski definition) is 2. The number of nitrogens with zero attached hydrogens (tertiary/aromatic N) is 2. The minimum atomic E-state index is -0.541. The number of nitrogens with one attached hydrogen (secondary N) is 2. The lowest BCUT2D eigenvalue weighted by molar-refractivity contribution is -0.123. The molecule has 7 heteroatoms. The van der Waals surface area contributed by atoms with Crippen LogP contribution in [-0.2, 0) is 11.3 Å². The molecule has 2 bridgehead atoms. The number of pyridine rings is 1. The monoisotopic (exact) mass is 388 g/mol. The van der Waals surface area contributed by atoms with E-state index in [1.54, 1.807) is 12.1 Å². The summed E-state index contributed by atoms with van der Waals surface area (Å²) in [6, 6.07) is 4.65. The van der Waals surface area contributed by atoms with Crippen molar-refractivity contribution in [3.8, 4) is 0 Å². The molecule has 2 aliphatic heterocycles. The summed E-state index contributed by atoms with van der Waals surface area (Å²) in [7, 11) is 0. The van der Waals surface area contributed by atoms with Crippen LogP contribution in [0.15, 0.2) is 23.0 Å². The molecule has 28 heavy (non-hydrogen) atoms. The average molecular weight is 389 g/mol. The summed E-state index contributed by atoms with van der Waals surface area (Å²) in [6.45, 7) is 8.44. The molecule has 0 spiro atoms. The van der Waals surface area contributed by atoms with Gasteiger partial charge in [0.1, 0.15) is 6.04 Å². The Balaban J connectivity index is 1.66. The molecule has 7 nitrogen and oxygen atoms in total. The van der Waals surface area contributed by atoms with Gasteiger partial charge in [0.05, 0.1) is 0 Å². The molecule has 3 heterocycles. The van der Waals surface area contributed by atoms with Gasteiger partial charge in [0.2, 0.25) is 5.91 Å². The van der Waals surface area contributed by atoms with Gasteiger partial charge in [-0.2, -0.15) is 0 Å². The number of unbranched alkanes of at least 4 members (excludes halogenated alkanes) is 1. The second-order valence-corrected chi connectivity index (χ2v) is 8.42. The number of likely N-dealkylation sites (tertiary alicyclic amines) is 1. The third kappa shape index (κ3) is 4.39. The predicted molar refractivity (Wildman–Crippen MR) is 108 cm³/mol. The Morgan fingerprint density at radius 2 is 2.00 bits per heavy atom. The summed E-state index contributed by atoms with van der Waals surface area (Å²) in [5.74, 6) is 0.330. The highest BCUT2D eigenvalue weighted by molar-refractivity contribution is 5.87. The van der Waals surface area contributed by atoms with Crippen molar-refractivity contribution in [2.75, 3.05) is 19.6 Å². The molecule has 0 aliphatic carbocycles. The van der Waals surface area contributed by atoms with Gasteiger partial charge >= 0.3 is 6.03 Å². The lowest BCUT2D eigenvalue weighted by Crippen LogP contribution is -2.57. The van der Waals surface area contributed by atoms with E-state index in [1.165, 1.54) is 0 Å². The Hall–Kier alpha value is -2.31. The van der Waals surface area contributed by atoms with Gasteiger partial charge in [-0.25, -0.2) is 4.79 Å². The lowest BCUT2D eigenvalue weighted by Gasteiger charge is -2.43. The predicted octanol–water partition coefficient (Wildman–Crippen LogP) is 1.92. The number of urea groups is 1. The van der Waals surface area contributed by atoms with Crippen LogP contribution < -0.4 is 16.2 Å². The first-order valence-electron chi connectivity index (χ1n) is 10.4. The van der Waals surface area contributed by atoms with E-state index in [0.29, 0.717) is 26.2 Å². The minimum absolute atomic E-state index is 0.00849. The van der Waals surface area contributed by atoms with E-state index in [0.717, 1.165) is 25.0 Å². The van der Waals surface area contributed by atoms with Gasteiger partial charge in [0, 0.05) is 43.9 Å². The highest BCUT2D eigenvalue weighted by atomic mass is 16.2. The smallest absolute Gasteiger partial charge is 0.318 e. The van der Waals surface area contributed by atoms with Gasteiger partial charge < -0.3 is 20.1 Å². The van der Waals surface area contributed by atoms with Crippen molar-refractivity contribution in [2.24, 2.45) is 11.8 Å². The summed E-state index contributed by atoms with van der Waals surface area (Å²) in [6.07, 6.45) is 2.94. The van der Waals surface area contributed by atoms with Crippen LogP contribution in [0.4, 0.5) is 4.79 Å². The molecule has 3 rings (SSSR count). The molecule has 3 atom stereocenters. The Bertz CT molecular complexity index is 773. The number of rotatable bonds is 6. The van der Waals surface area contributed by atoms with Crippen LogP contribution in [0.5, 0.6) is 0 Å². The number of fused-ring (bicyclic) bond motifs is 4. The fourth-order valence-electron chi connectivity index (χ4n) is 4.32. The number of hydrogen-bond acceptors (Lipinski definition) is 3. The lowest BCUT2D eigenvalue weighted by atomic mass is 9.83. The number of aromatic nitrogens is 1. The maximum Gasteiger partial charge on any atom is 0.318 e. The zero-order chi connectivity index (χ0) is 20.3. The van der Waals surface area contributed by atoms with Crippen molar-refractivity contribution < 1.29 is 9.59 Å². The first-order chi connectivity index (χ1) is 13.4. The topological polar surface area (TPSA) is 83.4 Å². The van der Waals surface area contributed by atoms with E-state index in [2.05, 4.69) is 17.6 Å². The van der Waals surface area contributed by atoms with Gasteiger partial charge in [0.25, 0.3) is 5.56 Å². The first-order valence-corrected chi connectivity index (χ1v) is 10.4. The fourth-order valence-corrected chi connectivity index (χ4v) is 4.32. The number of carbonyl (C=O) groups is 2. The quantitative estimate of drug-likeness (QED) is 0.731. The molecule has 3 amide bonds. The average Bonchev–Trinajstić information content (AvgIpc) is 2.66. The summed E-state index contributed by atoms with van der Waals surface area (Å²) < 4.78 is 1.85. The number of carbonyl (C=O) groups excluding carboxylic acids is 2. The van der Waals surface area contributed by atoms with Crippen molar-refractivity contribution >= 4 is 11.9 Å². The van der Waals surface area contributed by atoms with E-state index in [1.807, 2.05) is 29.4 Å². The molecule has 0 radical (unpaired) electrons. The van der Waals surface area contributed by atoms with Crippen LogP contribution in [0.3, 0.4) is 0 Å². The molecule has 2 N–H and O–H groups in total. The standard InChI is InChI=1S/C21H32N4O3/c1-4-5-9-22-20(27)19(14(2)3)23-21(28)24-11-15-10-16(13-24)17-7-6-8-18(26)25(17)12-15/h6-8,14-16,19H,4-5,9-13H2,1-3H3,(H,22,27)(H,23,28)/t15-,16+,19+/m1/s1. The molecule has 154 valence electrons. The van der Waals surface area contributed by atoms with Crippen LogP contribution in [0.2, 0.25) is 0 Å². The van der Waals surface area contributed by atoms with Crippen LogP contribution in [0.1, 0.15) is 51.6 Å². The molecule has 1 aromatic heterocycles. The number of amides is 3. The molecule has 2 aliphatic rings. The van der Waals surface area contributed by atoms with Gasteiger partial charge in [-0.05, 0) is 30.7 Å².